The zero-order valence-electron chi connectivity index (χ0n) is 8.98. The second-order valence-corrected chi connectivity index (χ2v) is 4.19. The van der Waals surface area contributed by atoms with Crippen LogP contribution in [0.25, 0.3) is 0 Å². The lowest BCUT2D eigenvalue weighted by Crippen LogP contribution is -2.13. The Balaban J connectivity index is 1.64. The van der Waals surface area contributed by atoms with Crippen LogP contribution in [-0.4, -0.2) is 11.6 Å². The highest BCUT2D eigenvalue weighted by molar-refractivity contribution is 5.28. The third-order valence-corrected chi connectivity index (χ3v) is 2.97. The van der Waals surface area contributed by atoms with Crippen molar-refractivity contribution in [2.75, 3.05) is 12.3 Å². The van der Waals surface area contributed by atoms with Gasteiger partial charge in [0.2, 0.25) is 0 Å². The van der Waals surface area contributed by atoms with Crippen molar-refractivity contribution in [1.82, 2.24) is 4.98 Å². The van der Waals surface area contributed by atoms with Crippen molar-refractivity contribution >= 4 is 5.82 Å². The zero-order chi connectivity index (χ0) is 10.5. The van der Waals surface area contributed by atoms with E-state index < -0.39 is 0 Å². The largest absolute Gasteiger partial charge is 0.384 e. The van der Waals surface area contributed by atoms with Gasteiger partial charge in [0, 0.05) is 6.61 Å². The van der Waals surface area contributed by atoms with Crippen LogP contribution in [0.15, 0.2) is 18.2 Å². The second kappa shape index (κ2) is 5.12. The summed E-state index contributed by atoms with van der Waals surface area (Å²) >= 11 is 0. The lowest BCUT2D eigenvalue weighted by Gasteiger charge is -2.24. The van der Waals surface area contributed by atoms with Crippen molar-refractivity contribution in [3.8, 4) is 0 Å². The topological polar surface area (TPSA) is 48.1 Å². The molecule has 1 aromatic rings. The minimum absolute atomic E-state index is 0.565. The van der Waals surface area contributed by atoms with Gasteiger partial charge < -0.3 is 10.5 Å². The molecule has 1 aliphatic carbocycles. The normalized spacial score (nSPS) is 16.3. The molecule has 0 atom stereocenters. The van der Waals surface area contributed by atoms with Gasteiger partial charge in [0.1, 0.15) is 5.82 Å². The molecule has 0 amide bonds. The molecular weight excluding hydrogens is 188 g/mol. The summed E-state index contributed by atoms with van der Waals surface area (Å²) in [5, 5.41) is 0. The van der Waals surface area contributed by atoms with Gasteiger partial charge >= 0.3 is 0 Å². The Bertz CT molecular complexity index is 310. The minimum Gasteiger partial charge on any atom is -0.384 e. The van der Waals surface area contributed by atoms with Crippen LogP contribution in [0.1, 0.15) is 31.4 Å². The predicted molar refractivity (Wildman–Crippen MR) is 60.3 cm³/mol. The number of nitrogens with zero attached hydrogens (tertiary/aromatic N) is 1. The summed E-state index contributed by atoms with van der Waals surface area (Å²) in [6.07, 6.45) is 5.38. The Morgan fingerprint density at radius 3 is 2.93 bits per heavy atom. The fourth-order valence-corrected chi connectivity index (χ4v) is 1.79. The first kappa shape index (κ1) is 10.4. The Hall–Kier alpha value is -1.09. The number of ether oxygens (including phenoxy) is 1. The molecule has 1 aliphatic rings. The monoisotopic (exact) mass is 206 g/mol. The van der Waals surface area contributed by atoms with Crippen LogP contribution in [0.2, 0.25) is 0 Å². The van der Waals surface area contributed by atoms with Crippen molar-refractivity contribution in [2.24, 2.45) is 5.92 Å². The molecule has 2 rings (SSSR count). The van der Waals surface area contributed by atoms with Gasteiger partial charge in [0.15, 0.2) is 0 Å². The number of hydrogen-bond acceptors (Lipinski definition) is 3. The highest BCUT2D eigenvalue weighted by Crippen LogP contribution is 2.29. The van der Waals surface area contributed by atoms with Crippen molar-refractivity contribution in [1.29, 1.82) is 0 Å². The lowest BCUT2D eigenvalue weighted by atomic mass is 9.83. The highest BCUT2D eigenvalue weighted by atomic mass is 16.5. The molecule has 0 aliphatic heterocycles. The van der Waals surface area contributed by atoms with E-state index in [0.717, 1.165) is 18.2 Å². The van der Waals surface area contributed by atoms with E-state index in [1.165, 1.54) is 25.7 Å². The average Bonchev–Trinajstić information content (AvgIpc) is 2.15. The molecule has 3 nitrogen and oxygen atoms in total. The lowest BCUT2D eigenvalue weighted by molar-refractivity contribution is 0.0930. The Morgan fingerprint density at radius 2 is 2.27 bits per heavy atom. The SMILES string of the molecule is Nc1cccc(COCCC2CCC2)n1. The van der Waals surface area contributed by atoms with Gasteiger partial charge in [-0.3, -0.25) is 0 Å². The molecule has 1 heterocycles. The van der Waals surface area contributed by atoms with Gasteiger partial charge in [-0.2, -0.15) is 0 Å². The molecule has 1 aromatic heterocycles. The van der Waals surface area contributed by atoms with E-state index in [1.54, 1.807) is 6.07 Å². The standard InChI is InChI=1S/C12H18N2O/c13-12-6-2-5-11(14-12)9-15-8-7-10-3-1-4-10/h2,5-6,10H,1,3-4,7-9H2,(H2,13,14). The van der Waals surface area contributed by atoms with Gasteiger partial charge in [-0.1, -0.05) is 25.3 Å². The maximum atomic E-state index is 5.58. The molecule has 0 bridgehead atoms. The van der Waals surface area contributed by atoms with E-state index in [4.69, 9.17) is 10.5 Å². The summed E-state index contributed by atoms with van der Waals surface area (Å²) in [7, 11) is 0. The van der Waals surface area contributed by atoms with Gasteiger partial charge in [-0.15, -0.1) is 0 Å². The molecule has 2 N–H and O–H groups in total. The maximum absolute atomic E-state index is 5.58. The fraction of sp³-hybridized carbons (Fsp3) is 0.583. The van der Waals surface area contributed by atoms with Crippen molar-refractivity contribution in [2.45, 2.75) is 32.3 Å². The van der Waals surface area contributed by atoms with Gasteiger partial charge in [0.25, 0.3) is 0 Å². The number of anilines is 1. The molecule has 3 heteroatoms. The van der Waals surface area contributed by atoms with Gasteiger partial charge in [-0.25, -0.2) is 4.98 Å². The first-order valence-electron chi connectivity index (χ1n) is 5.64. The molecular formula is C12H18N2O. The number of nitrogen functional groups attached to an aromatic ring is 1. The molecule has 0 saturated heterocycles. The van der Waals surface area contributed by atoms with Crippen LogP contribution in [-0.2, 0) is 11.3 Å². The van der Waals surface area contributed by atoms with Crippen molar-refractivity contribution in [3.05, 3.63) is 23.9 Å². The van der Waals surface area contributed by atoms with Crippen LogP contribution < -0.4 is 5.73 Å². The second-order valence-electron chi connectivity index (χ2n) is 4.19. The zero-order valence-corrected chi connectivity index (χ0v) is 8.98. The average molecular weight is 206 g/mol. The summed E-state index contributed by atoms with van der Waals surface area (Å²) in [5.41, 5.74) is 6.50. The Kier molecular flexibility index (Phi) is 3.56. The third kappa shape index (κ3) is 3.20. The molecule has 0 unspecified atom stereocenters. The molecule has 0 aromatic carbocycles. The van der Waals surface area contributed by atoms with Crippen LogP contribution in [0.4, 0.5) is 5.82 Å². The first-order chi connectivity index (χ1) is 7.34. The molecule has 1 fully saturated rings. The van der Waals surface area contributed by atoms with E-state index in [9.17, 15) is 0 Å². The van der Waals surface area contributed by atoms with Gasteiger partial charge in [0.05, 0.1) is 12.3 Å². The quantitative estimate of drug-likeness (QED) is 0.752. The predicted octanol–water partition coefficient (Wildman–Crippen LogP) is 2.37. The molecule has 0 radical (unpaired) electrons. The summed E-state index contributed by atoms with van der Waals surface area (Å²) in [6, 6.07) is 5.64. The number of pyridine rings is 1. The molecule has 15 heavy (non-hydrogen) atoms. The maximum Gasteiger partial charge on any atom is 0.123 e. The number of aromatic nitrogens is 1. The van der Waals surface area contributed by atoms with Crippen molar-refractivity contribution in [3.63, 3.8) is 0 Å². The number of rotatable bonds is 5. The van der Waals surface area contributed by atoms with Crippen LogP contribution >= 0.6 is 0 Å². The summed E-state index contributed by atoms with van der Waals surface area (Å²) in [6.45, 7) is 1.43. The summed E-state index contributed by atoms with van der Waals surface area (Å²) in [4.78, 5) is 4.18. The number of hydrogen-bond donors (Lipinski definition) is 1. The van der Waals surface area contributed by atoms with E-state index in [0.29, 0.717) is 12.4 Å². The van der Waals surface area contributed by atoms with Gasteiger partial charge in [-0.05, 0) is 24.5 Å². The Morgan fingerprint density at radius 1 is 1.40 bits per heavy atom. The molecule has 1 saturated carbocycles. The van der Waals surface area contributed by atoms with Crippen LogP contribution in [0.5, 0.6) is 0 Å². The van der Waals surface area contributed by atoms with E-state index in [-0.39, 0.29) is 0 Å². The highest BCUT2D eigenvalue weighted by Gasteiger charge is 2.16. The smallest absolute Gasteiger partial charge is 0.123 e. The van der Waals surface area contributed by atoms with E-state index in [1.807, 2.05) is 12.1 Å². The van der Waals surface area contributed by atoms with Crippen molar-refractivity contribution < 1.29 is 4.74 Å². The van der Waals surface area contributed by atoms with E-state index in [2.05, 4.69) is 4.98 Å². The summed E-state index contributed by atoms with van der Waals surface area (Å²) in [5.74, 6) is 1.48. The molecule has 0 spiro atoms. The minimum atomic E-state index is 0.565. The molecule has 82 valence electrons. The Labute approximate surface area is 90.7 Å². The van der Waals surface area contributed by atoms with E-state index >= 15 is 0 Å². The van der Waals surface area contributed by atoms with Crippen LogP contribution in [0.3, 0.4) is 0 Å². The number of nitrogens with two attached hydrogens (primary N) is 1. The third-order valence-electron chi connectivity index (χ3n) is 2.97. The van der Waals surface area contributed by atoms with Crippen LogP contribution in [0, 0.1) is 5.92 Å². The fourth-order valence-electron chi connectivity index (χ4n) is 1.79. The first-order valence-corrected chi connectivity index (χ1v) is 5.64. The summed E-state index contributed by atoms with van der Waals surface area (Å²) < 4.78 is 5.56.